The molecule has 36 heavy (non-hydrogen) atoms. The SMILES string of the molecule is Cc1cccc(CSc2nnc(CNC(=O)c3ccc(C)c([N+](=O)[O-])c3)n2-c2cc(Cl)ccc2Cl)c1. The highest BCUT2D eigenvalue weighted by Gasteiger charge is 2.20. The zero-order chi connectivity index (χ0) is 25.8. The average molecular weight is 542 g/mol. The largest absolute Gasteiger partial charge is 0.345 e. The number of carbonyl (C=O) groups excluding carboxylic acids is 1. The summed E-state index contributed by atoms with van der Waals surface area (Å²) in [6.07, 6.45) is 0. The Hall–Kier alpha value is -3.40. The molecule has 0 aliphatic carbocycles. The van der Waals surface area contributed by atoms with Gasteiger partial charge in [0.1, 0.15) is 0 Å². The number of nitro benzene ring substituents is 1. The molecule has 0 bridgehead atoms. The molecule has 184 valence electrons. The number of amides is 1. The molecule has 1 N–H and O–H groups in total. The Balaban J connectivity index is 1.62. The molecule has 0 spiro atoms. The highest BCUT2D eigenvalue weighted by Crippen LogP contribution is 2.31. The first kappa shape index (κ1) is 25.7. The summed E-state index contributed by atoms with van der Waals surface area (Å²) in [5.41, 5.74) is 3.40. The van der Waals surface area contributed by atoms with Crippen LogP contribution >= 0.6 is 35.0 Å². The number of nitrogens with zero attached hydrogens (tertiary/aromatic N) is 4. The van der Waals surface area contributed by atoms with Crippen LogP contribution in [0.3, 0.4) is 0 Å². The minimum Gasteiger partial charge on any atom is -0.345 e. The van der Waals surface area contributed by atoms with Crippen molar-refractivity contribution >= 4 is 46.6 Å². The maximum atomic E-state index is 12.8. The van der Waals surface area contributed by atoms with E-state index in [1.807, 2.05) is 25.1 Å². The first-order valence-electron chi connectivity index (χ1n) is 10.8. The second-order valence-electron chi connectivity index (χ2n) is 8.05. The molecule has 0 unspecified atom stereocenters. The van der Waals surface area contributed by atoms with Crippen LogP contribution in [0.5, 0.6) is 0 Å². The number of hydrogen-bond acceptors (Lipinski definition) is 6. The maximum Gasteiger partial charge on any atom is 0.273 e. The van der Waals surface area contributed by atoms with E-state index in [4.69, 9.17) is 23.2 Å². The van der Waals surface area contributed by atoms with Gasteiger partial charge in [0.2, 0.25) is 0 Å². The summed E-state index contributed by atoms with van der Waals surface area (Å²) in [4.78, 5) is 23.5. The molecular weight excluding hydrogens is 521 g/mol. The van der Waals surface area contributed by atoms with Crippen molar-refractivity contribution in [3.63, 3.8) is 0 Å². The van der Waals surface area contributed by atoms with Crippen LogP contribution in [0, 0.1) is 24.0 Å². The van der Waals surface area contributed by atoms with Gasteiger partial charge >= 0.3 is 0 Å². The number of halogens is 2. The highest BCUT2D eigenvalue weighted by atomic mass is 35.5. The molecule has 0 saturated carbocycles. The number of rotatable bonds is 8. The summed E-state index contributed by atoms with van der Waals surface area (Å²) in [5.74, 6) is 0.608. The monoisotopic (exact) mass is 541 g/mol. The molecule has 4 aromatic rings. The van der Waals surface area contributed by atoms with Crippen LogP contribution in [-0.4, -0.2) is 25.6 Å². The summed E-state index contributed by atoms with van der Waals surface area (Å²) in [6, 6.07) is 17.6. The van der Waals surface area contributed by atoms with Crippen molar-refractivity contribution in [1.82, 2.24) is 20.1 Å². The van der Waals surface area contributed by atoms with E-state index in [9.17, 15) is 14.9 Å². The molecule has 1 amide bonds. The summed E-state index contributed by atoms with van der Waals surface area (Å²) in [5, 5.41) is 24.1. The minimum atomic E-state index is -0.512. The van der Waals surface area contributed by atoms with Crippen molar-refractivity contribution in [2.24, 2.45) is 0 Å². The van der Waals surface area contributed by atoms with Crippen LogP contribution in [-0.2, 0) is 12.3 Å². The molecule has 0 fully saturated rings. The predicted molar refractivity (Wildman–Crippen MR) is 141 cm³/mol. The number of carbonyl (C=O) groups is 1. The summed E-state index contributed by atoms with van der Waals surface area (Å²) in [7, 11) is 0. The number of aryl methyl sites for hydroxylation is 2. The molecule has 0 radical (unpaired) electrons. The van der Waals surface area contributed by atoms with Gasteiger partial charge in [-0.05, 0) is 43.7 Å². The van der Waals surface area contributed by atoms with E-state index < -0.39 is 10.8 Å². The zero-order valence-electron chi connectivity index (χ0n) is 19.4. The Morgan fingerprint density at radius 2 is 1.89 bits per heavy atom. The van der Waals surface area contributed by atoms with Gasteiger partial charge in [-0.2, -0.15) is 0 Å². The summed E-state index contributed by atoms with van der Waals surface area (Å²) in [6.45, 7) is 3.67. The molecule has 8 nitrogen and oxygen atoms in total. The number of nitro groups is 1. The summed E-state index contributed by atoms with van der Waals surface area (Å²) >= 11 is 14.2. The Morgan fingerprint density at radius 1 is 1.08 bits per heavy atom. The van der Waals surface area contributed by atoms with Crippen LogP contribution in [0.1, 0.15) is 32.9 Å². The molecule has 0 atom stereocenters. The average Bonchev–Trinajstić information content (AvgIpc) is 3.25. The van der Waals surface area contributed by atoms with Crippen molar-refractivity contribution in [2.45, 2.75) is 31.3 Å². The quantitative estimate of drug-likeness (QED) is 0.159. The predicted octanol–water partition coefficient (Wildman–Crippen LogP) is 6.32. The lowest BCUT2D eigenvalue weighted by Gasteiger charge is -2.13. The lowest BCUT2D eigenvalue weighted by Crippen LogP contribution is -2.25. The van der Waals surface area contributed by atoms with E-state index in [0.29, 0.717) is 38.0 Å². The Kier molecular flexibility index (Phi) is 7.93. The third-order valence-electron chi connectivity index (χ3n) is 5.37. The fraction of sp³-hybridized carbons (Fsp3) is 0.160. The number of benzene rings is 3. The zero-order valence-corrected chi connectivity index (χ0v) is 21.7. The van der Waals surface area contributed by atoms with Gasteiger partial charge < -0.3 is 5.32 Å². The molecule has 11 heteroatoms. The molecular formula is C25H21Cl2N5O3S. The first-order valence-corrected chi connectivity index (χ1v) is 12.6. The first-order chi connectivity index (χ1) is 17.2. The van der Waals surface area contributed by atoms with E-state index in [2.05, 4.69) is 21.6 Å². The van der Waals surface area contributed by atoms with Crippen LogP contribution in [0.15, 0.2) is 65.8 Å². The van der Waals surface area contributed by atoms with Gasteiger partial charge in [-0.15, -0.1) is 10.2 Å². The molecule has 4 rings (SSSR count). The van der Waals surface area contributed by atoms with E-state index in [-0.39, 0.29) is 17.8 Å². The topological polar surface area (TPSA) is 103 Å². The van der Waals surface area contributed by atoms with Gasteiger partial charge in [0.15, 0.2) is 11.0 Å². The minimum absolute atomic E-state index is 0.0152. The van der Waals surface area contributed by atoms with Gasteiger partial charge in [-0.1, -0.05) is 70.9 Å². The van der Waals surface area contributed by atoms with Crippen LogP contribution < -0.4 is 5.32 Å². The molecule has 0 saturated heterocycles. The fourth-order valence-electron chi connectivity index (χ4n) is 3.57. The Morgan fingerprint density at radius 3 is 2.64 bits per heavy atom. The Bertz CT molecular complexity index is 1460. The fourth-order valence-corrected chi connectivity index (χ4v) is 4.84. The lowest BCUT2D eigenvalue weighted by molar-refractivity contribution is -0.385. The van der Waals surface area contributed by atoms with E-state index in [1.54, 1.807) is 41.8 Å². The lowest BCUT2D eigenvalue weighted by atomic mass is 10.1. The van der Waals surface area contributed by atoms with Crippen molar-refractivity contribution < 1.29 is 9.72 Å². The van der Waals surface area contributed by atoms with Crippen LogP contribution in [0.4, 0.5) is 5.69 Å². The Labute approximate surface area is 221 Å². The van der Waals surface area contributed by atoms with Crippen molar-refractivity contribution in [1.29, 1.82) is 0 Å². The normalized spacial score (nSPS) is 10.9. The van der Waals surface area contributed by atoms with Crippen LogP contribution in [0.2, 0.25) is 10.0 Å². The van der Waals surface area contributed by atoms with Crippen molar-refractivity contribution in [2.75, 3.05) is 0 Å². The standard InChI is InChI=1S/C25H21Cl2N5O3S/c1-15-4-3-5-17(10-15)14-36-25-30-29-23(31(25)22-12-19(26)8-9-20(22)27)13-28-24(33)18-7-6-16(2)21(11-18)32(34)35/h3-12H,13-14H2,1-2H3,(H,28,33). The van der Waals surface area contributed by atoms with Gasteiger partial charge in [0, 0.05) is 28.0 Å². The van der Waals surface area contributed by atoms with Gasteiger partial charge in [0.25, 0.3) is 11.6 Å². The summed E-state index contributed by atoms with van der Waals surface area (Å²) < 4.78 is 1.76. The van der Waals surface area contributed by atoms with Gasteiger partial charge in [-0.25, -0.2) is 0 Å². The molecule has 0 aliphatic heterocycles. The number of thioether (sulfide) groups is 1. The molecule has 1 aromatic heterocycles. The van der Waals surface area contributed by atoms with Crippen molar-refractivity contribution in [3.05, 3.63) is 109 Å². The molecule has 0 aliphatic rings. The smallest absolute Gasteiger partial charge is 0.273 e. The number of nitrogens with one attached hydrogen (secondary N) is 1. The molecule has 1 heterocycles. The van der Waals surface area contributed by atoms with Gasteiger partial charge in [-0.3, -0.25) is 19.5 Å². The third kappa shape index (κ3) is 5.87. The van der Waals surface area contributed by atoms with E-state index in [1.165, 1.54) is 17.8 Å². The van der Waals surface area contributed by atoms with E-state index >= 15 is 0 Å². The number of hydrogen-bond donors (Lipinski definition) is 1. The second kappa shape index (κ2) is 11.1. The second-order valence-corrected chi connectivity index (χ2v) is 9.83. The van der Waals surface area contributed by atoms with E-state index in [0.717, 1.165) is 11.1 Å². The van der Waals surface area contributed by atoms with Crippen molar-refractivity contribution in [3.8, 4) is 5.69 Å². The molecule has 3 aromatic carbocycles. The number of aromatic nitrogens is 3. The van der Waals surface area contributed by atoms with Crippen LogP contribution in [0.25, 0.3) is 5.69 Å². The third-order valence-corrected chi connectivity index (χ3v) is 6.93. The van der Waals surface area contributed by atoms with Gasteiger partial charge in [0.05, 0.1) is 22.2 Å². The highest BCUT2D eigenvalue weighted by molar-refractivity contribution is 7.98. The maximum absolute atomic E-state index is 12.8.